The summed E-state index contributed by atoms with van der Waals surface area (Å²) in [6.45, 7) is 11.8. The van der Waals surface area contributed by atoms with E-state index >= 15 is 8.78 Å². The maximum Gasteiger partial charge on any atom is 0.131 e. The van der Waals surface area contributed by atoms with Crippen LogP contribution in [0.2, 0.25) is 0 Å². The highest BCUT2D eigenvalue weighted by molar-refractivity contribution is 5.72. The Kier molecular flexibility index (Phi) is 9.28. The smallest absolute Gasteiger partial charge is 0.131 e. The first-order valence-corrected chi connectivity index (χ1v) is 14.7. The van der Waals surface area contributed by atoms with Crippen molar-refractivity contribution in [3.63, 3.8) is 0 Å². The number of hydrogen-bond donors (Lipinski definition) is 0. The van der Waals surface area contributed by atoms with Gasteiger partial charge in [0.2, 0.25) is 0 Å². The summed E-state index contributed by atoms with van der Waals surface area (Å²) in [6, 6.07) is 16.5. The monoisotopic (exact) mass is 518 g/mol. The summed E-state index contributed by atoms with van der Waals surface area (Å²) >= 11 is 0. The van der Waals surface area contributed by atoms with Gasteiger partial charge in [0.1, 0.15) is 17.4 Å². The molecule has 1 fully saturated rings. The summed E-state index contributed by atoms with van der Waals surface area (Å²) in [5.41, 5.74) is 4.68. The summed E-state index contributed by atoms with van der Waals surface area (Å²) < 4.78 is 36.8. The van der Waals surface area contributed by atoms with Gasteiger partial charge in [-0.3, -0.25) is 0 Å². The minimum absolute atomic E-state index is 0.189. The van der Waals surface area contributed by atoms with Crippen LogP contribution in [0.5, 0.6) is 5.75 Å². The number of benzene rings is 3. The van der Waals surface area contributed by atoms with Crippen molar-refractivity contribution in [2.24, 2.45) is 11.3 Å². The SMILES string of the molecule is CCc1cc(-c2ccc(-c3ccc(C4CCC(C)CC4)cc3F)cc2F)ccc1OCC(CC)(CC)CC. The zero-order valence-corrected chi connectivity index (χ0v) is 23.9. The molecule has 0 atom stereocenters. The van der Waals surface area contributed by atoms with Crippen LogP contribution in [0.15, 0.2) is 54.6 Å². The normalized spacial score (nSPS) is 18.0. The number of hydrogen-bond acceptors (Lipinski definition) is 1. The van der Waals surface area contributed by atoms with Crippen LogP contribution < -0.4 is 4.74 Å². The number of aryl methyl sites for hydroxylation is 1. The van der Waals surface area contributed by atoms with Crippen LogP contribution in [-0.4, -0.2) is 6.61 Å². The van der Waals surface area contributed by atoms with Crippen molar-refractivity contribution in [2.45, 2.75) is 91.9 Å². The molecule has 4 rings (SSSR count). The van der Waals surface area contributed by atoms with E-state index in [0.29, 0.717) is 29.2 Å². The zero-order chi connectivity index (χ0) is 27.3. The lowest BCUT2D eigenvalue weighted by Gasteiger charge is -2.30. The highest BCUT2D eigenvalue weighted by Crippen LogP contribution is 2.38. The molecule has 0 amide bonds. The summed E-state index contributed by atoms with van der Waals surface area (Å²) in [7, 11) is 0. The third-order valence-corrected chi connectivity index (χ3v) is 9.30. The third kappa shape index (κ3) is 6.14. The minimum Gasteiger partial charge on any atom is -0.493 e. The fraction of sp³-hybridized carbons (Fsp3) is 0.486. The van der Waals surface area contributed by atoms with Gasteiger partial charge in [-0.05, 0) is 96.9 Å². The lowest BCUT2D eigenvalue weighted by molar-refractivity contribution is 0.127. The molecular formula is C35H44F2O. The van der Waals surface area contributed by atoms with Gasteiger partial charge in [0.25, 0.3) is 0 Å². The predicted octanol–water partition coefficient (Wildman–Crippen LogP) is 10.8. The van der Waals surface area contributed by atoms with E-state index in [2.05, 4.69) is 34.6 Å². The number of rotatable bonds is 10. The van der Waals surface area contributed by atoms with Crippen LogP contribution in [0.25, 0.3) is 22.3 Å². The molecule has 0 radical (unpaired) electrons. The van der Waals surface area contributed by atoms with Gasteiger partial charge in [-0.2, -0.15) is 0 Å². The van der Waals surface area contributed by atoms with E-state index in [9.17, 15) is 0 Å². The van der Waals surface area contributed by atoms with Gasteiger partial charge < -0.3 is 4.74 Å². The van der Waals surface area contributed by atoms with Gasteiger partial charge in [0.15, 0.2) is 0 Å². The van der Waals surface area contributed by atoms with Crippen molar-refractivity contribution in [3.8, 4) is 28.0 Å². The highest BCUT2D eigenvalue weighted by atomic mass is 19.1. The Morgan fingerprint density at radius 2 is 1.32 bits per heavy atom. The number of ether oxygens (including phenoxy) is 1. The molecule has 3 aromatic carbocycles. The van der Waals surface area contributed by atoms with Crippen molar-refractivity contribution in [1.82, 2.24) is 0 Å². The van der Waals surface area contributed by atoms with Crippen molar-refractivity contribution >= 4 is 0 Å². The fourth-order valence-corrected chi connectivity index (χ4v) is 5.98. The molecule has 0 aromatic heterocycles. The molecule has 38 heavy (non-hydrogen) atoms. The maximum atomic E-state index is 15.4. The summed E-state index contributed by atoms with van der Waals surface area (Å²) in [6.07, 6.45) is 8.68. The lowest BCUT2D eigenvalue weighted by atomic mass is 9.79. The van der Waals surface area contributed by atoms with Gasteiger partial charge in [-0.1, -0.05) is 77.8 Å². The molecule has 0 saturated heterocycles. The van der Waals surface area contributed by atoms with Gasteiger partial charge in [0, 0.05) is 16.5 Å². The Morgan fingerprint density at radius 1 is 0.737 bits per heavy atom. The topological polar surface area (TPSA) is 9.23 Å². The number of halogens is 2. The van der Waals surface area contributed by atoms with E-state index in [4.69, 9.17) is 4.74 Å². The first-order chi connectivity index (χ1) is 18.3. The van der Waals surface area contributed by atoms with Gasteiger partial charge in [0.05, 0.1) is 6.61 Å². The molecule has 0 unspecified atom stereocenters. The summed E-state index contributed by atoms with van der Waals surface area (Å²) in [5.74, 6) is 1.45. The van der Waals surface area contributed by atoms with Crippen molar-refractivity contribution in [2.75, 3.05) is 6.61 Å². The molecule has 0 spiro atoms. The fourth-order valence-electron chi connectivity index (χ4n) is 5.98. The van der Waals surface area contributed by atoms with Crippen LogP contribution in [0.3, 0.4) is 0 Å². The van der Waals surface area contributed by atoms with Gasteiger partial charge >= 0.3 is 0 Å². The Labute approximate surface area is 228 Å². The molecular weight excluding hydrogens is 474 g/mol. The standard InChI is InChI=1S/C35H44F2O/c1-6-25-20-28(16-19-34(25)38-23-35(7-2,8-3)9-4)30-18-15-29(22-33(30)37)31-17-14-27(21-32(31)36)26-12-10-24(5)11-13-26/h14-22,24,26H,6-13,23H2,1-5H3. The van der Waals surface area contributed by atoms with Crippen LogP contribution >= 0.6 is 0 Å². The van der Waals surface area contributed by atoms with E-state index in [0.717, 1.165) is 66.9 Å². The minimum atomic E-state index is -0.343. The quantitative estimate of drug-likeness (QED) is 0.259. The Hall–Kier alpha value is -2.68. The second-order valence-corrected chi connectivity index (χ2v) is 11.4. The molecule has 0 N–H and O–H groups in total. The Bertz CT molecular complexity index is 1210. The molecule has 0 heterocycles. The molecule has 1 nitrogen and oxygen atoms in total. The van der Waals surface area contributed by atoms with Crippen molar-refractivity contribution in [3.05, 3.63) is 77.4 Å². The van der Waals surface area contributed by atoms with Crippen LogP contribution in [0.4, 0.5) is 8.78 Å². The highest BCUT2D eigenvalue weighted by Gasteiger charge is 2.25. The van der Waals surface area contributed by atoms with Gasteiger partial charge in [-0.15, -0.1) is 0 Å². The van der Waals surface area contributed by atoms with Crippen molar-refractivity contribution < 1.29 is 13.5 Å². The second kappa shape index (κ2) is 12.5. The van der Waals surface area contributed by atoms with Gasteiger partial charge in [-0.25, -0.2) is 8.78 Å². The predicted molar refractivity (Wildman–Crippen MR) is 156 cm³/mol. The second-order valence-electron chi connectivity index (χ2n) is 11.4. The van der Waals surface area contributed by atoms with Crippen molar-refractivity contribution in [1.29, 1.82) is 0 Å². The van der Waals surface area contributed by atoms with E-state index in [1.54, 1.807) is 12.1 Å². The largest absolute Gasteiger partial charge is 0.493 e. The summed E-state index contributed by atoms with van der Waals surface area (Å²) in [5, 5.41) is 0. The summed E-state index contributed by atoms with van der Waals surface area (Å²) in [4.78, 5) is 0. The molecule has 204 valence electrons. The zero-order valence-electron chi connectivity index (χ0n) is 23.9. The Morgan fingerprint density at radius 3 is 1.89 bits per heavy atom. The molecule has 3 aromatic rings. The Balaban J connectivity index is 1.54. The van der Waals surface area contributed by atoms with E-state index in [1.165, 1.54) is 18.9 Å². The van der Waals surface area contributed by atoms with E-state index < -0.39 is 0 Å². The molecule has 0 bridgehead atoms. The average molecular weight is 519 g/mol. The maximum absolute atomic E-state index is 15.4. The first-order valence-electron chi connectivity index (χ1n) is 14.7. The van der Waals surface area contributed by atoms with Crippen LogP contribution in [-0.2, 0) is 6.42 Å². The molecule has 1 aliphatic carbocycles. The molecule has 1 aliphatic rings. The van der Waals surface area contributed by atoms with E-state index in [-0.39, 0.29) is 17.0 Å². The molecule has 1 saturated carbocycles. The lowest BCUT2D eigenvalue weighted by Crippen LogP contribution is -2.26. The molecule has 0 aliphatic heterocycles. The van der Waals surface area contributed by atoms with E-state index in [1.807, 2.05) is 36.4 Å². The first kappa shape index (κ1) is 28.3. The van der Waals surface area contributed by atoms with Crippen LogP contribution in [0.1, 0.15) is 96.6 Å². The van der Waals surface area contributed by atoms with Crippen LogP contribution in [0, 0.1) is 23.0 Å². The third-order valence-electron chi connectivity index (χ3n) is 9.30. The average Bonchev–Trinajstić information content (AvgIpc) is 2.94. The molecule has 3 heteroatoms.